The molecule has 3 aromatic heterocycles. The van der Waals surface area contributed by atoms with Crippen LogP contribution >= 0.6 is 0 Å². The Hall–Kier alpha value is -3.55. The molecule has 0 fully saturated rings. The molecule has 146 valence electrons. The van der Waals surface area contributed by atoms with Crippen LogP contribution in [0, 0.1) is 11.5 Å². The van der Waals surface area contributed by atoms with Crippen molar-refractivity contribution in [3.63, 3.8) is 0 Å². The smallest absolute Gasteiger partial charge is 0.129 e. The molecule has 3 nitrogen and oxygen atoms in total. The van der Waals surface area contributed by atoms with Gasteiger partial charge in [-0.1, -0.05) is 49.8 Å². The molecular weight excluding hydrogens is 382 g/mol. The fourth-order valence-corrected chi connectivity index (χ4v) is 3.51. The van der Waals surface area contributed by atoms with E-state index in [1.165, 1.54) is 0 Å². The highest BCUT2D eigenvalue weighted by molar-refractivity contribution is 6.83. The molecule has 1 aromatic carbocycles. The summed E-state index contributed by atoms with van der Waals surface area (Å²) in [7, 11) is -1.39. The highest BCUT2D eigenvalue weighted by Crippen LogP contribution is 2.29. The molecule has 0 unspecified atom stereocenters. The second kappa shape index (κ2) is 8.44. The zero-order valence-corrected chi connectivity index (χ0v) is 18.4. The van der Waals surface area contributed by atoms with Gasteiger partial charge in [-0.2, -0.15) is 0 Å². The van der Waals surface area contributed by atoms with Gasteiger partial charge in [-0.05, 0) is 59.7 Å². The van der Waals surface area contributed by atoms with E-state index >= 15 is 0 Å². The van der Waals surface area contributed by atoms with Gasteiger partial charge in [0.2, 0.25) is 0 Å². The normalized spacial score (nSPS) is 10.9. The molecule has 4 aromatic rings. The van der Waals surface area contributed by atoms with E-state index in [0.29, 0.717) is 0 Å². The Morgan fingerprint density at radius 3 is 1.67 bits per heavy atom. The summed E-state index contributed by atoms with van der Waals surface area (Å²) in [5.74, 6) is 3.32. The van der Waals surface area contributed by atoms with Crippen LogP contribution in [0.15, 0.2) is 85.2 Å². The lowest BCUT2D eigenvalue weighted by Crippen LogP contribution is -2.16. The molecule has 0 bridgehead atoms. The Morgan fingerprint density at radius 1 is 0.633 bits per heavy atom. The first kappa shape index (κ1) is 19.7. The molecule has 0 spiro atoms. The molecule has 0 atom stereocenters. The van der Waals surface area contributed by atoms with Crippen molar-refractivity contribution in [3.05, 3.63) is 90.8 Å². The third-order valence-electron chi connectivity index (χ3n) is 4.48. The van der Waals surface area contributed by atoms with Gasteiger partial charge in [0.05, 0.1) is 22.8 Å². The fourth-order valence-electron chi connectivity index (χ4n) is 2.99. The van der Waals surface area contributed by atoms with Crippen LogP contribution in [0.5, 0.6) is 0 Å². The molecule has 4 heteroatoms. The number of hydrogen-bond acceptors (Lipinski definition) is 3. The summed E-state index contributed by atoms with van der Waals surface area (Å²) < 4.78 is 0. The van der Waals surface area contributed by atoms with E-state index in [-0.39, 0.29) is 0 Å². The lowest BCUT2D eigenvalue weighted by atomic mass is 10.0. The molecule has 30 heavy (non-hydrogen) atoms. The van der Waals surface area contributed by atoms with Crippen molar-refractivity contribution in [2.24, 2.45) is 0 Å². The van der Waals surface area contributed by atoms with Gasteiger partial charge in [0.15, 0.2) is 0 Å². The fraction of sp³-hybridized carbons (Fsp3) is 0.115. The lowest BCUT2D eigenvalue weighted by Gasteiger charge is -2.09. The highest BCUT2D eigenvalue weighted by atomic mass is 28.3. The molecule has 0 amide bonds. The summed E-state index contributed by atoms with van der Waals surface area (Å²) in [6.07, 6.45) is 3.58. The lowest BCUT2D eigenvalue weighted by molar-refractivity contribution is 1.22. The first-order chi connectivity index (χ1) is 14.5. The van der Waals surface area contributed by atoms with E-state index in [1.807, 2.05) is 36.4 Å². The summed E-state index contributed by atoms with van der Waals surface area (Å²) in [6.45, 7) is 6.76. The zero-order valence-electron chi connectivity index (χ0n) is 17.4. The van der Waals surface area contributed by atoms with E-state index in [2.05, 4.69) is 77.5 Å². The van der Waals surface area contributed by atoms with Gasteiger partial charge in [-0.25, -0.2) is 4.98 Å². The predicted molar refractivity (Wildman–Crippen MR) is 126 cm³/mol. The quantitative estimate of drug-likeness (QED) is 0.305. The maximum atomic E-state index is 4.83. The van der Waals surface area contributed by atoms with Gasteiger partial charge in [-0.15, -0.1) is 5.54 Å². The molecule has 0 radical (unpaired) electrons. The van der Waals surface area contributed by atoms with Crippen LogP contribution in [0.3, 0.4) is 0 Å². The summed E-state index contributed by atoms with van der Waals surface area (Å²) in [5, 5.41) is 0. The first-order valence-corrected chi connectivity index (χ1v) is 13.5. The summed E-state index contributed by atoms with van der Waals surface area (Å²) >= 11 is 0. The Morgan fingerprint density at radius 2 is 1.20 bits per heavy atom. The van der Waals surface area contributed by atoms with Crippen LogP contribution in [0.25, 0.3) is 33.9 Å². The monoisotopic (exact) mass is 405 g/mol. The SMILES string of the molecule is C[Si](C)(C)C#Cc1ccc(-c2cc(-c3ccccn3)nc(-c3ccccn3)c2)cc1. The number of hydrogen-bond donors (Lipinski definition) is 0. The maximum Gasteiger partial charge on any atom is 0.129 e. The average molecular weight is 406 g/mol. The number of rotatable bonds is 3. The number of pyridine rings is 3. The maximum absolute atomic E-state index is 4.83. The third kappa shape index (κ3) is 4.89. The van der Waals surface area contributed by atoms with Crippen molar-refractivity contribution < 1.29 is 0 Å². The van der Waals surface area contributed by atoms with Gasteiger partial charge < -0.3 is 0 Å². The Bertz CT molecular complexity index is 1140. The van der Waals surface area contributed by atoms with Crippen molar-refractivity contribution in [2.75, 3.05) is 0 Å². The Kier molecular flexibility index (Phi) is 5.56. The Labute approximate surface area is 178 Å². The largest absolute Gasteiger partial charge is 0.255 e. The molecule has 0 N–H and O–H groups in total. The molecule has 0 aliphatic carbocycles. The molecular formula is C26H23N3Si. The molecule has 0 saturated carbocycles. The van der Waals surface area contributed by atoms with E-state index in [0.717, 1.165) is 39.5 Å². The van der Waals surface area contributed by atoms with Crippen molar-refractivity contribution in [1.29, 1.82) is 0 Å². The zero-order chi connectivity index (χ0) is 21.0. The van der Waals surface area contributed by atoms with Crippen LogP contribution in [-0.2, 0) is 0 Å². The molecule has 3 heterocycles. The predicted octanol–water partition coefficient (Wildman–Crippen LogP) is 6.10. The summed E-state index contributed by atoms with van der Waals surface area (Å²) in [4.78, 5) is 13.8. The van der Waals surface area contributed by atoms with E-state index in [9.17, 15) is 0 Å². The van der Waals surface area contributed by atoms with Crippen molar-refractivity contribution in [2.45, 2.75) is 19.6 Å². The first-order valence-electron chi connectivity index (χ1n) is 9.96. The number of nitrogens with zero attached hydrogens (tertiary/aromatic N) is 3. The van der Waals surface area contributed by atoms with Crippen molar-refractivity contribution in [1.82, 2.24) is 15.0 Å². The Balaban J connectivity index is 1.78. The minimum absolute atomic E-state index is 0.830. The second-order valence-electron chi connectivity index (χ2n) is 8.13. The third-order valence-corrected chi connectivity index (χ3v) is 5.36. The van der Waals surface area contributed by atoms with E-state index < -0.39 is 8.07 Å². The number of benzene rings is 1. The molecule has 0 saturated heterocycles. The van der Waals surface area contributed by atoms with Crippen molar-refractivity contribution >= 4 is 8.07 Å². The summed E-state index contributed by atoms with van der Waals surface area (Å²) in [6, 6.07) is 24.3. The molecule has 4 rings (SSSR count). The minimum Gasteiger partial charge on any atom is -0.255 e. The van der Waals surface area contributed by atoms with Crippen LogP contribution in [-0.4, -0.2) is 23.0 Å². The van der Waals surface area contributed by atoms with Gasteiger partial charge >= 0.3 is 0 Å². The minimum atomic E-state index is -1.39. The number of aromatic nitrogens is 3. The van der Waals surface area contributed by atoms with Crippen LogP contribution < -0.4 is 0 Å². The van der Waals surface area contributed by atoms with Gasteiger partial charge in [-0.3, -0.25) is 9.97 Å². The van der Waals surface area contributed by atoms with E-state index in [1.54, 1.807) is 12.4 Å². The topological polar surface area (TPSA) is 38.7 Å². The highest BCUT2D eigenvalue weighted by Gasteiger charge is 2.10. The standard InChI is InChI=1S/C26H23N3Si/c1-30(2,3)17-14-20-10-12-21(13-11-20)22-18-25(23-8-4-6-15-27-23)29-26(19-22)24-9-5-7-16-28-24/h4-13,15-16,18-19H,1-3H3. The summed E-state index contributed by atoms with van der Waals surface area (Å²) in [5.41, 5.74) is 10.0. The van der Waals surface area contributed by atoms with Crippen LogP contribution in [0.4, 0.5) is 0 Å². The van der Waals surface area contributed by atoms with E-state index in [4.69, 9.17) is 4.98 Å². The van der Waals surface area contributed by atoms with Crippen molar-refractivity contribution in [3.8, 4) is 45.4 Å². The van der Waals surface area contributed by atoms with Gasteiger partial charge in [0, 0.05) is 18.0 Å². The molecule has 0 aliphatic heterocycles. The average Bonchev–Trinajstić information content (AvgIpc) is 2.78. The van der Waals surface area contributed by atoms with Gasteiger partial charge in [0.1, 0.15) is 8.07 Å². The molecule has 0 aliphatic rings. The van der Waals surface area contributed by atoms with Crippen LogP contribution in [0.2, 0.25) is 19.6 Å². The second-order valence-corrected chi connectivity index (χ2v) is 12.9. The van der Waals surface area contributed by atoms with Gasteiger partial charge in [0.25, 0.3) is 0 Å². The van der Waals surface area contributed by atoms with Crippen LogP contribution in [0.1, 0.15) is 5.56 Å².